The molecule has 0 unspecified atom stereocenters. The van der Waals surface area contributed by atoms with Crippen LogP contribution >= 0.6 is 0 Å². The standard InChI is InChI=1S/C65H46N2/c1-65(2)59-41-44(63-55-27-11-13-29-57(55)64(58-30-14-12-28-56(58)63)54-26-10-9-23-49(54)43-19-5-3-6-20-43)33-39-50(59)51-40-38-48(42-60(51)65)66(45-21-7-4-8-22-45)46-34-36-47(37-35-46)67-61-31-17-15-24-52(61)53-25-16-18-32-62(53)67/h3-42H,1-2H3. The van der Waals surface area contributed by atoms with Crippen molar-refractivity contribution in [3.8, 4) is 50.2 Å². The van der Waals surface area contributed by atoms with Crippen LogP contribution in [0.25, 0.3) is 93.5 Å². The predicted octanol–water partition coefficient (Wildman–Crippen LogP) is 17.9. The second kappa shape index (κ2) is 15.3. The second-order valence-corrected chi connectivity index (χ2v) is 18.4. The summed E-state index contributed by atoms with van der Waals surface area (Å²) >= 11 is 0. The van der Waals surface area contributed by atoms with Gasteiger partial charge in [0.15, 0.2) is 0 Å². The van der Waals surface area contributed by atoms with Crippen LogP contribution in [0.5, 0.6) is 0 Å². The summed E-state index contributed by atoms with van der Waals surface area (Å²) in [7, 11) is 0. The minimum Gasteiger partial charge on any atom is -0.310 e. The van der Waals surface area contributed by atoms with Crippen molar-refractivity contribution in [1.82, 2.24) is 4.57 Å². The molecule has 0 aliphatic heterocycles. The van der Waals surface area contributed by atoms with Gasteiger partial charge in [-0.2, -0.15) is 0 Å². The summed E-state index contributed by atoms with van der Waals surface area (Å²) in [6.45, 7) is 4.80. The van der Waals surface area contributed by atoms with Gasteiger partial charge in [-0.3, -0.25) is 0 Å². The predicted molar refractivity (Wildman–Crippen MR) is 284 cm³/mol. The Morgan fingerprint density at radius 1 is 0.313 bits per heavy atom. The van der Waals surface area contributed by atoms with Gasteiger partial charge in [0.2, 0.25) is 0 Å². The minimum atomic E-state index is -0.250. The van der Waals surface area contributed by atoms with Crippen LogP contribution in [0.15, 0.2) is 243 Å². The van der Waals surface area contributed by atoms with Crippen LogP contribution in [0.3, 0.4) is 0 Å². The van der Waals surface area contributed by atoms with E-state index in [0.29, 0.717) is 0 Å². The average Bonchev–Trinajstić information content (AvgIpc) is 3.84. The fraction of sp³-hybridized carbons (Fsp3) is 0.0462. The van der Waals surface area contributed by atoms with Crippen molar-refractivity contribution in [1.29, 1.82) is 0 Å². The summed E-state index contributed by atoms with van der Waals surface area (Å²) in [5.74, 6) is 0. The van der Waals surface area contributed by atoms with Crippen LogP contribution in [0.4, 0.5) is 17.1 Å². The number of para-hydroxylation sites is 3. The smallest absolute Gasteiger partial charge is 0.0541 e. The topological polar surface area (TPSA) is 8.17 Å². The summed E-state index contributed by atoms with van der Waals surface area (Å²) in [5.41, 5.74) is 19.5. The molecule has 12 aromatic rings. The number of hydrogen-bond acceptors (Lipinski definition) is 1. The van der Waals surface area contributed by atoms with E-state index in [1.807, 2.05) is 0 Å². The SMILES string of the molecule is CC1(C)c2cc(-c3c4ccccc4c(-c4ccccc4-c4ccccc4)c4ccccc34)ccc2-c2ccc(N(c3ccccc3)c3ccc(-n4c5ccccc5c5ccccc54)cc3)cc21. The second-order valence-electron chi connectivity index (χ2n) is 18.4. The molecule has 1 aromatic heterocycles. The fourth-order valence-electron chi connectivity index (χ4n) is 11.3. The highest BCUT2D eigenvalue weighted by Gasteiger charge is 2.37. The highest BCUT2D eigenvalue weighted by Crippen LogP contribution is 2.53. The Bertz CT molecular complexity index is 3770. The molecule has 0 N–H and O–H groups in total. The third kappa shape index (κ3) is 6.10. The number of benzene rings is 11. The lowest BCUT2D eigenvalue weighted by atomic mass is 9.80. The number of nitrogens with zero attached hydrogens (tertiary/aromatic N) is 2. The van der Waals surface area contributed by atoms with Crippen molar-refractivity contribution in [2.24, 2.45) is 0 Å². The lowest BCUT2D eigenvalue weighted by Gasteiger charge is -2.28. The van der Waals surface area contributed by atoms with E-state index in [0.717, 1.165) is 22.7 Å². The Morgan fingerprint density at radius 2 is 0.761 bits per heavy atom. The highest BCUT2D eigenvalue weighted by atomic mass is 15.1. The number of hydrogen-bond donors (Lipinski definition) is 0. The lowest BCUT2D eigenvalue weighted by Crippen LogP contribution is -2.16. The molecule has 11 aromatic carbocycles. The van der Waals surface area contributed by atoms with Crippen molar-refractivity contribution in [2.75, 3.05) is 4.90 Å². The van der Waals surface area contributed by atoms with Crippen LogP contribution in [-0.2, 0) is 5.41 Å². The molecule has 2 heteroatoms. The van der Waals surface area contributed by atoms with Crippen molar-refractivity contribution >= 4 is 60.4 Å². The fourth-order valence-corrected chi connectivity index (χ4v) is 11.3. The van der Waals surface area contributed by atoms with E-state index in [1.165, 1.54) is 99.0 Å². The molecular formula is C65H46N2. The van der Waals surface area contributed by atoms with Crippen molar-refractivity contribution < 1.29 is 0 Å². The van der Waals surface area contributed by atoms with Crippen LogP contribution in [-0.4, -0.2) is 4.57 Å². The average molecular weight is 855 g/mol. The Labute approximate surface area is 391 Å². The summed E-state index contributed by atoms with van der Waals surface area (Å²) in [4.78, 5) is 2.40. The van der Waals surface area contributed by atoms with Gasteiger partial charge in [0.05, 0.1) is 11.0 Å². The van der Waals surface area contributed by atoms with Gasteiger partial charge >= 0.3 is 0 Å². The van der Waals surface area contributed by atoms with E-state index in [4.69, 9.17) is 0 Å². The zero-order chi connectivity index (χ0) is 44.6. The van der Waals surface area contributed by atoms with Crippen LogP contribution in [0.2, 0.25) is 0 Å². The van der Waals surface area contributed by atoms with Crippen molar-refractivity contribution in [2.45, 2.75) is 19.3 Å². The molecule has 1 heterocycles. The maximum atomic E-state index is 2.49. The first-order valence-corrected chi connectivity index (χ1v) is 23.3. The number of aromatic nitrogens is 1. The monoisotopic (exact) mass is 854 g/mol. The van der Waals surface area contributed by atoms with Crippen molar-refractivity contribution in [3.05, 3.63) is 254 Å². The number of rotatable bonds is 7. The molecule has 2 nitrogen and oxygen atoms in total. The summed E-state index contributed by atoms with van der Waals surface area (Å²) in [5, 5.41) is 7.58. The maximum absolute atomic E-state index is 2.49. The molecule has 67 heavy (non-hydrogen) atoms. The zero-order valence-electron chi connectivity index (χ0n) is 37.5. The van der Waals surface area contributed by atoms with E-state index >= 15 is 0 Å². The Kier molecular flexibility index (Phi) is 8.91. The largest absolute Gasteiger partial charge is 0.310 e. The molecule has 1 aliphatic carbocycles. The van der Waals surface area contributed by atoms with Gasteiger partial charge in [0.1, 0.15) is 0 Å². The van der Waals surface area contributed by atoms with Gasteiger partial charge < -0.3 is 9.47 Å². The minimum absolute atomic E-state index is 0.250. The van der Waals surface area contributed by atoms with E-state index < -0.39 is 0 Å². The molecule has 316 valence electrons. The van der Waals surface area contributed by atoms with E-state index in [9.17, 15) is 0 Å². The van der Waals surface area contributed by atoms with E-state index in [1.54, 1.807) is 0 Å². The lowest BCUT2D eigenvalue weighted by molar-refractivity contribution is 0.660. The Balaban J connectivity index is 0.920. The number of anilines is 3. The highest BCUT2D eigenvalue weighted by molar-refractivity contribution is 6.22. The summed E-state index contributed by atoms with van der Waals surface area (Å²) in [6.07, 6.45) is 0. The Morgan fingerprint density at radius 3 is 1.37 bits per heavy atom. The molecule has 0 amide bonds. The molecule has 0 saturated carbocycles. The van der Waals surface area contributed by atoms with E-state index in [-0.39, 0.29) is 5.41 Å². The van der Waals surface area contributed by atoms with Gasteiger partial charge in [0, 0.05) is 38.9 Å². The van der Waals surface area contributed by atoms with Gasteiger partial charge in [-0.15, -0.1) is 0 Å². The maximum Gasteiger partial charge on any atom is 0.0541 e. The Hall–Kier alpha value is -8.46. The van der Waals surface area contributed by atoms with E-state index in [2.05, 4.69) is 266 Å². The third-order valence-electron chi connectivity index (χ3n) is 14.4. The van der Waals surface area contributed by atoms with Gasteiger partial charge in [-0.25, -0.2) is 0 Å². The van der Waals surface area contributed by atoms with Crippen LogP contribution in [0, 0.1) is 0 Å². The molecule has 0 bridgehead atoms. The summed E-state index contributed by atoms with van der Waals surface area (Å²) < 4.78 is 2.38. The van der Waals surface area contributed by atoms with Crippen LogP contribution in [0.1, 0.15) is 25.0 Å². The van der Waals surface area contributed by atoms with Crippen LogP contribution < -0.4 is 4.90 Å². The van der Waals surface area contributed by atoms with Gasteiger partial charge in [-0.1, -0.05) is 190 Å². The molecule has 1 aliphatic rings. The first-order valence-electron chi connectivity index (χ1n) is 23.3. The molecular weight excluding hydrogens is 809 g/mol. The molecule has 0 fully saturated rings. The molecule has 0 saturated heterocycles. The van der Waals surface area contributed by atoms with Crippen molar-refractivity contribution in [3.63, 3.8) is 0 Å². The number of fused-ring (bicyclic) bond motifs is 8. The normalized spacial score (nSPS) is 12.7. The summed E-state index contributed by atoms with van der Waals surface area (Å²) in [6, 6.07) is 89.3. The third-order valence-corrected chi connectivity index (χ3v) is 14.4. The van der Waals surface area contributed by atoms with Gasteiger partial charge in [-0.05, 0) is 144 Å². The molecule has 0 spiro atoms. The zero-order valence-corrected chi connectivity index (χ0v) is 37.5. The first kappa shape index (κ1) is 39.0. The molecule has 0 radical (unpaired) electrons. The van der Waals surface area contributed by atoms with Gasteiger partial charge in [0.25, 0.3) is 0 Å². The first-order chi connectivity index (χ1) is 33.0. The molecule has 13 rings (SSSR count). The quantitative estimate of drug-likeness (QED) is 0.145. The molecule has 0 atom stereocenters.